The summed E-state index contributed by atoms with van der Waals surface area (Å²) in [6.07, 6.45) is 2.56. The smallest absolute Gasteiger partial charge is 0.252 e. The van der Waals surface area contributed by atoms with Crippen molar-refractivity contribution in [1.82, 2.24) is 19.7 Å². The standard InChI is InChI=1S/C15H19F2N5/c1-10-5-8-22(21-10)14-18-11(2)9-13(20-14)19-12-3-6-15(16,17)7-4-12/h5,8-9,12H,3-4,6-7H2,1-2H3,(H,18,19,20). The molecule has 0 amide bonds. The van der Waals surface area contributed by atoms with Crippen molar-refractivity contribution in [1.29, 1.82) is 0 Å². The highest BCUT2D eigenvalue weighted by Gasteiger charge is 2.34. The second kappa shape index (κ2) is 5.62. The number of aromatic nitrogens is 4. The van der Waals surface area contributed by atoms with Gasteiger partial charge >= 0.3 is 0 Å². The van der Waals surface area contributed by atoms with E-state index in [1.165, 1.54) is 0 Å². The van der Waals surface area contributed by atoms with Gasteiger partial charge in [-0.2, -0.15) is 10.1 Å². The van der Waals surface area contributed by atoms with Crippen LogP contribution in [0.2, 0.25) is 0 Å². The van der Waals surface area contributed by atoms with Crippen LogP contribution < -0.4 is 5.32 Å². The molecule has 5 nitrogen and oxygen atoms in total. The molecule has 1 aliphatic carbocycles. The van der Waals surface area contributed by atoms with E-state index in [2.05, 4.69) is 20.4 Å². The van der Waals surface area contributed by atoms with E-state index in [0.29, 0.717) is 24.6 Å². The van der Waals surface area contributed by atoms with Gasteiger partial charge in [0, 0.05) is 36.8 Å². The quantitative estimate of drug-likeness (QED) is 0.945. The van der Waals surface area contributed by atoms with Crippen LogP contribution in [0.15, 0.2) is 18.3 Å². The van der Waals surface area contributed by atoms with E-state index in [1.54, 1.807) is 10.9 Å². The van der Waals surface area contributed by atoms with E-state index in [9.17, 15) is 8.78 Å². The van der Waals surface area contributed by atoms with Crippen molar-refractivity contribution in [2.75, 3.05) is 5.32 Å². The van der Waals surface area contributed by atoms with Crippen molar-refractivity contribution < 1.29 is 8.78 Å². The maximum Gasteiger partial charge on any atom is 0.252 e. The Morgan fingerprint density at radius 1 is 1.18 bits per heavy atom. The van der Waals surface area contributed by atoms with Gasteiger partial charge in [0.1, 0.15) is 5.82 Å². The monoisotopic (exact) mass is 307 g/mol. The second-order valence-corrected chi connectivity index (χ2v) is 5.87. The maximum atomic E-state index is 13.2. The number of halogens is 2. The van der Waals surface area contributed by atoms with Gasteiger partial charge in [-0.05, 0) is 32.8 Å². The highest BCUT2D eigenvalue weighted by atomic mass is 19.3. The summed E-state index contributed by atoms with van der Waals surface area (Å²) in [6, 6.07) is 3.73. The average Bonchev–Trinajstić information content (AvgIpc) is 2.87. The molecule has 0 aliphatic heterocycles. The Balaban J connectivity index is 1.76. The predicted octanol–water partition coefficient (Wildman–Crippen LogP) is 3.27. The highest BCUT2D eigenvalue weighted by molar-refractivity contribution is 5.39. The molecule has 0 spiro atoms. The van der Waals surface area contributed by atoms with Gasteiger partial charge in [0.2, 0.25) is 5.92 Å². The molecule has 1 N–H and O–H groups in total. The van der Waals surface area contributed by atoms with Gasteiger partial charge in [0.15, 0.2) is 0 Å². The summed E-state index contributed by atoms with van der Waals surface area (Å²) in [5.41, 5.74) is 1.69. The lowest BCUT2D eigenvalue weighted by Crippen LogP contribution is -2.32. The molecule has 1 saturated carbocycles. The molecule has 2 aromatic rings. The molecule has 1 aliphatic rings. The minimum atomic E-state index is -2.52. The third kappa shape index (κ3) is 3.40. The molecule has 0 bridgehead atoms. The highest BCUT2D eigenvalue weighted by Crippen LogP contribution is 2.34. The van der Waals surface area contributed by atoms with Crippen LogP contribution in [0.1, 0.15) is 37.1 Å². The first-order valence-electron chi connectivity index (χ1n) is 7.44. The van der Waals surface area contributed by atoms with E-state index in [0.717, 1.165) is 11.4 Å². The Kier molecular flexibility index (Phi) is 3.80. The molecular formula is C15H19F2N5. The minimum Gasteiger partial charge on any atom is -0.367 e. The molecule has 118 valence electrons. The number of anilines is 1. The zero-order valence-electron chi connectivity index (χ0n) is 12.7. The van der Waals surface area contributed by atoms with Gasteiger partial charge in [0.05, 0.1) is 5.69 Å². The van der Waals surface area contributed by atoms with Gasteiger partial charge < -0.3 is 5.32 Å². The maximum absolute atomic E-state index is 13.2. The fourth-order valence-corrected chi connectivity index (χ4v) is 2.65. The van der Waals surface area contributed by atoms with Crippen molar-refractivity contribution in [3.63, 3.8) is 0 Å². The van der Waals surface area contributed by atoms with Crippen LogP contribution in [-0.2, 0) is 0 Å². The lowest BCUT2D eigenvalue weighted by molar-refractivity contribution is -0.0361. The molecule has 3 rings (SSSR count). The van der Waals surface area contributed by atoms with Gasteiger partial charge in [-0.25, -0.2) is 18.4 Å². The lowest BCUT2D eigenvalue weighted by Gasteiger charge is -2.29. The SMILES string of the molecule is Cc1cc(NC2CCC(F)(F)CC2)nc(-n2ccc(C)n2)n1. The summed E-state index contributed by atoms with van der Waals surface area (Å²) < 4.78 is 28.0. The fraction of sp³-hybridized carbons (Fsp3) is 0.533. The number of aryl methyl sites for hydroxylation is 2. The van der Waals surface area contributed by atoms with Crippen LogP contribution >= 0.6 is 0 Å². The van der Waals surface area contributed by atoms with E-state index in [1.807, 2.05) is 26.0 Å². The van der Waals surface area contributed by atoms with Crippen molar-refractivity contribution in [3.8, 4) is 5.95 Å². The lowest BCUT2D eigenvalue weighted by atomic mass is 9.92. The van der Waals surface area contributed by atoms with Crippen molar-refractivity contribution in [3.05, 3.63) is 29.7 Å². The van der Waals surface area contributed by atoms with Crippen LogP contribution in [0, 0.1) is 13.8 Å². The van der Waals surface area contributed by atoms with E-state index >= 15 is 0 Å². The summed E-state index contributed by atoms with van der Waals surface area (Å²) in [5.74, 6) is -1.38. The summed E-state index contributed by atoms with van der Waals surface area (Å²) >= 11 is 0. The zero-order valence-corrected chi connectivity index (χ0v) is 12.7. The summed E-state index contributed by atoms with van der Waals surface area (Å²) in [7, 11) is 0. The molecule has 7 heteroatoms. The molecule has 0 saturated heterocycles. The van der Waals surface area contributed by atoms with Crippen LogP contribution in [-0.4, -0.2) is 31.7 Å². The van der Waals surface area contributed by atoms with E-state index in [4.69, 9.17) is 0 Å². The first-order chi connectivity index (χ1) is 10.4. The molecule has 2 heterocycles. The van der Waals surface area contributed by atoms with Crippen LogP contribution in [0.5, 0.6) is 0 Å². The predicted molar refractivity (Wildman–Crippen MR) is 79.5 cm³/mol. The molecular weight excluding hydrogens is 288 g/mol. The third-order valence-corrected chi connectivity index (χ3v) is 3.84. The molecule has 0 aromatic carbocycles. The normalized spacial score (nSPS) is 18.4. The van der Waals surface area contributed by atoms with Gasteiger partial charge in [-0.15, -0.1) is 0 Å². The molecule has 0 unspecified atom stereocenters. The first-order valence-corrected chi connectivity index (χ1v) is 7.44. The van der Waals surface area contributed by atoms with Gasteiger partial charge in [0.25, 0.3) is 5.95 Å². The minimum absolute atomic E-state index is 0.0288. The van der Waals surface area contributed by atoms with Crippen molar-refractivity contribution in [2.24, 2.45) is 0 Å². The Hall–Kier alpha value is -2.05. The summed E-state index contributed by atoms with van der Waals surface area (Å²) in [5, 5.41) is 7.54. The molecule has 1 fully saturated rings. The second-order valence-electron chi connectivity index (χ2n) is 5.87. The number of hydrogen-bond donors (Lipinski definition) is 1. The Labute approximate surface area is 127 Å². The average molecular weight is 307 g/mol. The van der Waals surface area contributed by atoms with Crippen LogP contribution in [0.3, 0.4) is 0 Å². The first kappa shape index (κ1) is 14.9. The molecule has 0 radical (unpaired) electrons. The number of alkyl halides is 2. The topological polar surface area (TPSA) is 55.6 Å². The van der Waals surface area contributed by atoms with Crippen molar-refractivity contribution in [2.45, 2.75) is 51.5 Å². The van der Waals surface area contributed by atoms with Crippen LogP contribution in [0.25, 0.3) is 5.95 Å². The summed E-state index contributed by atoms with van der Waals surface area (Å²) in [4.78, 5) is 8.80. The molecule has 22 heavy (non-hydrogen) atoms. The number of nitrogens with zero attached hydrogens (tertiary/aromatic N) is 4. The number of nitrogens with one attached hydrogen (secondary N) is 1. The van der Waals surface area contributed by atoms with Gasteiger partial charge in [-0.3, -0.25) is 0 Å². The van der Waals surface area contributed by atoms with E-state index < -0.39 is 5.92 Å². The number of hydrogen-bond acceptors (Lipinski definition) is 4. The Bertz CT molecular complexity index is 658. The number of rotatable bonds is 3. The molecule has 2 aromatic heterocycles. The van der Waals surface area contributed by atoms with E-state index in [-0.39, 0.29) is 18.9 Å². The Morgan fingerprint density at radius 3 is 2.55 bits per heavy atom. The van der Waals surface area contributed by atoms with Gasteiger partial charge in [-0.1, -0.05) is 0 Å². The molecule has 0 atom stereocenters. The zero-order chi connectivity index (χ0) is 15.7. The summed E-state index contributed by atoms with van der Waals surface area (Å²) in [6.45, 7) is 3.77. The third-order valence-electron chi connectivity index (χ3n) is 3.84. The Morgan fingerprint density at radius 2 is 1.91 bits per heavy atom. The largest absolute Gasteiger partial charge is 0.367 e. The van der Waals surface area contributed by atoms with Crippen molar-refractivity contribution >= 4 is 5.82 Å². The van der Waals surface area contributed by atoms with Crippen LogP contribution in [0.4, 0.5) is 14.6 Å². The fourth-order valence-electron chi connectivity index (χ4n) is 2.65.